The number of carbonyl (C=O) groups is 1. The second kappa shape index (κ2) is 9.27. The van der Waals surface area contributed by atoms with Crippen molar-refractivity contribution in [1.82, 2.24) is 4.31 Å². The maximum absolute atomic E-state index is 12.8. The molecule has 0 radical (unpaired) electrons. The number of hydrogen-bond acceptors (Lipinski definition) is 4. The van der Waals surface area contributed by atoms with Crippen LogP contribution in [0.2, 0.25) is 0 Å². The number of anilines is 1. The van der Waals surface area contributed by atoms with Crippen molar-refractivity contribution in [2.24, 2.45) is 0 Å². The van der Waals surface area contributed by atoms with Crippen LogP contribution in [0, 0.1) is 11.8 Å². The number of rotatable bonds is 4. The molecule has 0 spiro atoms. The zero-order valence-corrected chi connectivity index (χ0v) is 18.1. The second-order valence-corrected chi connectivity index (χ2v) is 9.38. The summed E-state index contributed by atoms with van der Waals surface area (Å²) in [5.74, 6) is 5.44. The fraction of sp³-hybridized carbons (Fsp3) is 0.160. The first-order valence-electron chi connectivity index (χ1n) is 10.3. The number of phenols is 1. The zero-order valence-electron chi connectivity index (χ0n) is 17.3. The molecular formula is C25H22N2O4S. The molecule has 162 valence electrons. The standard InChI is InChI=1S/C25H22N2O4S/c28-24-15-14-22(32(30,31)27-16-4-5-17-27)18-23(24)26-25(29)21-12-10-20(11-13-21)9-8-19-6-2-1-3-7-19/h1-3,6-7,10-15,18,28H,4-5,16-17H2,(H,26,29). The lowest BCUT2D eigenvalue weighted by atomic mass is 10.1. The van der Waals surface area contributed by atoms with Crippen molar-refractivity contribution >= 4 is 21.6 Å². The third-order valence-corrected chi connectivity index (χ3v) is 7.09. The van der Waals surface area contributed by atoms with E-state index in [1.807, 2.05) is 30.3 Å². The summed E-state index contributed by atoms with van der Waals surface area (Å²) < 4.78 is 27.0. The number of nitrogens with one attached hydrogen (secondary N) is 1. The maximum Gasteiger partial charge on any atom is 0.255 e. The highest BCUT2D eigenvalue weighted by Gasteiger charge is 2.28. The first-order valence-corrected chi connectivity index (χ1v) is 11.7. The number of hydrogen-bond donors (Lipinski definition) is 2. The van der Waals surface area contributed by atoms with E-state index < -0.39 is 15.9 Å². The number of sulfonamides is 1. The first-order chi connectivity index (χ1) is 15.4. The van der Waals surface area contributed by atoms with Crippen molar-refractivity contribution in [3.63, 3.8) is 0 Å². The van der Waals surface area contributed by atoms with Gasteiger partial charge in [-0.15, -0.1) is 0 Å². The van der Waals surface area contributed by atoms with Crippen molar-refractivity contribution in [2.45, 2.75) is 17.7 Å². The molecular weight excluding hydrogens is 424 g/mol. The predicted molar refractivity (Wildman–Crippen MR) is 123 cm³/mol. The van der Waals surface area contributed by atoms with E-state index in [-0.39, 0.29) is 16.3 Å². The van der Waals surface area contributed by atoms with E-state index in [0.29, 0.717) is 18.7 Å². The summed E-state index contributed by atoms with van der Waals surface area (Å²) in [5.41, 5.74) is 2.06. The van der Waals surface area contributed by atoms with Gasteiger partial charge in [-0.2, -0.15) is 4.31 Å². The van der Waals surface area contributed by atoms with Gasteiger partial charge in [-0.05, 0) is 67.4 Å². The van der Waals surface area contributed by atoms with Crippen LogP contribution in [0.1, 0.15) is 34.3 Å². The average molecular weight is 447 g/mol. The minimum absolute atomic E-state index is 0.0408. The molecule has 3 aromatic carbocycles. The minimum Gasteiger partial charge on any atom is -0.506 e. The number of benzene rings is 3. The number of nitrogens with zero attached hydrogens (tertiary/aromatic N) is 1. The van der Waals surface area contributed by atoms with Gasteiger partial charge < -0.3 is 10.4 Å². The Bertz CT molecular complexity index is 1290. The van der Waals surface area contributed by atoms with Crippen LogP contribution in [-0.2, 0) is 10.0 Å². The molecule has 1 amide bonds. The smallest absolute Gasteiger partial charge is 0.255 e. The number of phenolic OH excluding ortho intramolecular Hbond substituents is 1. The highest BCUT2D eigenvalue weighted by molar-refractivity contribution is 7.89. The van der Waals surface area contributed by atoms with E-state index in [4.69, 9.17) is 0 Å². The van der Waals surface area contributed by atoms with Crippen LogP contribution in [0.5, 0.6) is 5.75 Å². The normalized spacial score (nSPS) is 13.9. The van der Waals surface area contributed by atoms with Gasteiger partial charge in [0.1, 0.15) is 5.75 Å². The summed E-state index contributed by atoms with van der Waals surface area (Å²) in [6.07, 6.45) is 1.65. The van der Waals surface area contributed by atoms with Crippen LogP contribution in [0.3, 0.4) is 0 Å². The highest BCUT2D eigenvalue weighted by Crippen LogP contribution is 2.29. The minimum atomic E-state index is -3.66. The summed E-state index contributed by atoms with van der Waals surface area (Å²) in [6.45, 7) is 0.953. The Kier molecular flexibility index (Phi) is 6.26. The first kappa shape index (κ1) is 21.6. The fourth-order valence-corrected chi connectivity index (χ4v) is 4.96. The van der Waals surface area contributed by atoms with Crippen LogP contribution in [0.4, 0.5) is 5.69 Å². The molecule has 3 aromatic rings. The zero-order chi connectivity index (χ0) is 22.6. The topological polar surface area (TPSA) is 86.7 Å². The Morgan fingerprint density at radius 2 is 1.50 bits per heavy atom. The van der Waals surface area contributed by atoms with Crippen molar-refractivity contribution in [3.8, 4) is 17.6 Å². The number of aromatic hydroxyl groups is 1. The molecule has 4 rings (SSSR count). The molecule has 1 aliphatic heterocycles. The van der Waals surface area contributed by atoms with E-state index in [1.165, 1.54) is 22.5 Å². The molecule has 0 atom stereocenters. The molecule has 0 unspecified atom stereocenters. The molecule has 1 heterocycles. The van der Waals surface area contributed by atoms with Gasteiger partial charge in [0.2, 0.25) is 10.0 Å². The molecule has 7 heteroatoms. The van der Waals surface area contributed by atoms with Gasteiger partial charge in [-0.25, -0.2) is 8.42 Å². The van der Waals surface area contributed by atoms with Gasteiger partial charge in [0.25, 0.3) is 5.91 Å². The average Bonchev–Trinajstić information content (AvgIpc) is 3.36. The third kappa shape index (κ3) is 4.83. The molecule has 0 bridgehead atoms. The van der Waals surface area contributed by atoms with E-state index in [0.717, 1.165) is 24.0 Å². The monoisotopic (exact) mass is 446 g/mol. The quantitative estimate of drug-likeness (QED) is 0.471. The lowest BCUT2D eigenvalue weighted by Gasteiger charge is -2.16. The Hall–Kier alpha value is -3.60. The van der Waals surface area contributed by atoms with Crippen molar-refractivity contribution in [3.05, 3.63) is 89.5 Å². The molecule has 1 aliphatic rings. The second-order valence-electron chi connectivity index (χ2n) is 7.44. The van der Waals surface area contributed by atoms with E-state index in [9.17, 15) is 18.3 Å². The lowest BCUT2D eigenvalue weighted by molar-refractivity contribution is 0.102. The summed E-state index contributed by atoms with van der Waals surface area (Å²) in [5, 5.41) is 12.7. The largest absolute Gasteiger partial charge is 0.506 e. The summed E-state index contributed by atoms with van der Waals surface area (Å²) in [7, 11) is -3.66. The molecule has 0 aromatic heterocycles. The van der Waals surface area contributed by atoms with Gasteiger partial charge in [-0.1, -0.05) is 30.0 Å². The Morgan fingerprint density at radius 3 is 2.16 bits per heavy atom. The molecule has 0 saturated carbocycles. The highest BCUT2D eigenvalue weighted by atomic mass is 32.2. The van der Waals surface area contributed by atoms with Crippen molar-refractivity contribution in [2.75, 3.05) is 18.4 Å². The van der Waals surface area contributed by atoms with E-state index in [2.05, 4.69) is 17.2 Å². The van der Waals surface area contributed by atoms with Crippen LogP contribution in [-0.4, -0.2) is 36.8 Å². The van der Waals surface area contributed by atoms with Gasteiger partial charge in [0.05, 0.1) is 10.6 Å². The molecule has 0 aliphatic carbocycles. The van der Waals surface area contributed by atoms with Gasteiger partial charge >= 0.3 is 0 Å². The van der Waals surface area contributed by atoms with Crippen molar-refractivity contribution in [1.29, 1.82) is 0 Å². The lowest BCUT2D eigenvalue weighted by Crippen LogP contribution is -2.28. The Labute approximate surface area is 187 Å². The molecule has 2 N–H and O–H groups in total. The molecule has 1 saturated heterocycles. The summed E-state index contributed by atoms with van der Waals surface area (Å²) >= 11 is 0. The molecule has 32 heavy (non-hydrogen) atoms. The van der Waals surface area contributed by atoms with Crippen LogP contribution in [0.15, 0.2) is 77.7 Å². The SMILES string of the molecule is O=C(Nc1cc(S(=O)(=O)N2CCCC2)ccc1O)c1ccc(C#Cc2ccccc2)cc1. The fourth-order valence-electron chi connectivity index (χ4n) is 3.42. The number of amides is 1. The van der Waals surface area contributed by atoms with Gasteiger partial charge in [0, 0.05) is 29.8 Å². The van der Waals surface area contributed by atoms with Crippen LogP contribution in [0.25, 0.3) is 0 Å². The summed E-state index contributed by atoms with van der Waals surface area (Å²) in [4.78, 5) is 12.7. The number of carbonyl (C=O) groups excluding carboxylic acids is 1. The van der Waals surface area contributed by atoms with E-state index in [1.54, 1.807) is 24.3 Å². The predicted octanol–water partition coefficient (Wildman–Crippen LogP) is 3.83. The van der Waals surface area contributed by atoms with E-state index >= 15 is 0 Å². The summed E-state index contributed by atoms with van der Waals surface area (Å²) in [6, 6.07) is 20.2. The van der Waals surface area contributed by atoms with Crippen molar-refractivity contribution < 1.29 is 18.3 Å². The molecule has 1 fully saturated rings. The maximum atomic E-state index is 12.8. The van der Waals surface area contributed by atoms with Gasteiger partial charge in [-0.3, -0.25) is 4.79 Å². The molecule has 6 nitrogen and oxygen atoms in total. The third-order valence-electron chi connectivity index (χ3n) is 5.19. The van der Waals surface area contributed by atoms with Gasteiger partial charge in [0.15, 0.2) is 0 Å². The Morgan fingerprint density at radius 1 is 0.875 bits per heavy atom. The van der Waals surface area contributed by atoms with Crippen LogP contribution < -0.4 is 5.32 Å². The van der Waals surface area contributed by atoms with Crippen LogP contribution >= 0.6 is 0 Å². The Balaban J connectivity index is 1.50.